The lowest BCUT2D eigenvalue weighted by Crippen LogP contribution is -2.36. The van der Waals surface area contributed by atoms with Crippen molar-refractivity contribution in [2.75, 3.05) is 6.54 Å². The number of aromatic nitrogens is 2. The first-order chi connectivity index (χ1) is 9.94. The van der Waals surface area contributed by atoms with E-state index in [0.29, 0.717) is 0 Å². The summed E-state index contributed by atoms with van der Waals surface area (Å²) >= 11 is 0. The second-order valence-electron chi connectivity index (χ2n) is 6.75. The fraction of sp³-hybridized carbons (Fsp3) is 0.500. The fourth-order valence-electron chi connectivity index (χ4n) is 2.34. The first kappa shape index (κ1) is 15.8. The maximum atomic E-state index is 4.48. The molecule has 2 rings (SSSR count). The van der Waals surface area contributed by atoms with Crippen LogP contribution in [0.15, 0.2) is 36.7 Å². The van der Waals surface area contributed by atoms with Gasteiger partial charge in [-0.1, -0.05) is 24.3 Å². The second kappa shape index (κ2) is 6.90. The molecule has 0 unspecified atom stereocenters. The van der Waals surface area contributed by atoms with E-state index in [0.717, 1.165) is 25.9 Å². The van der Waals surface area contributed by atoms with Gasteiger partial charge in [-0.2, -0.15) is 5.10 Å². The van der Waals surface area contributed by atoms with Crippen LogP contribution in [0.2, 0.25) is 0 Å². The summed E-state index contributed by atoms with van der Waals surface area (Å²) < 4.78 is 2.04. The summed E-state index contributed by atoms with van der Waals surface area (Å²) in [4.78, 5) is 0. The Labute approximate surface area is 128 Å². The highest BCUT2D eigenvalue weighted by atomic mass is 15.3. The van der Waals surface area contributed by atoms with Gasteiger partial charge < -0.3 is 5.32 Å². The highest BCUT2D eigenvalue weighted by Gasteiger charge is 2.07. The third kappa shape index (κ3) is 5.35. The SMILES string of the molecule is Cc1ccccc1Cn1cc(CCCNC(C)(C)C)cn1. The minimum Gasteiger partial charge on any atom is -0.312 e. The molecule has 0 saturated carbocycles. The first-order valence-electron chi connectivity index (χ1n) is 7.75. The van der Waals surface area contributed by atoms with E-state index in [2.05, 4.69) is 68.6 Å². The van der Waals surface area contributed by atoms with Gasteiger partial charge in [-0.3, -0.25) is 4.68 Å². The van der Waals surface area contributed by atoms with Crippen molar-refractivity contribution in [1.82, 2.24) is 15.1 Å². The number of nitrogens with one attached hydrogen (secondary N) is 1. The van der Waals surface area contributed by atoms with Gasteiger partial charge in [0.25, 0.3) is 0 Å². The highest BCUT2D eigenvalue weighted by Crippen LogP contribution is 2.10. The van der Waals surface area contributed by atoms with Crippen LogP contribution in [0, 0.1) is 6.92 Å². The summed E-state index contributed by atoms with van der Waals surface area (Å²) in [6.07, 6.45) is 6.39. The molecular weight excluding hydrogens is 258 g/mol. The van der Waals surface area contributed by atoms with Gasteiger partial charge in [0.05, 0.1) is 12.7 Å². The van der Waals surface area contributed by atoms with E-state index in [9.17, 15) is 0 Å². The van der Waals surface area contributed by atoms with Gasteiger partial charge in [0.1, 0.15) is 0 Å². The van der Waals surface area contributed by atoms with Crippen molar-refractivity contribution in [3.05, 3.63) is 53.3 Å². The van der Waals surface area contributed by atoms with Gasteiger partial charge in [0.15, 0.2) is 0 Å². The first-order valence-corrected chi connectivity index (χ1v) is 7.75. The summed E-state index contributed by atoms with van der Waals surface area (Å²) in [6, 6.07) is 8.49. The zero-order valence-electron chi connectivity index (χ0n) is 13.7. The van der Waals surface area contributed by atoms with Crippen molar-refractivity contribution < 1.29 is 0 Å². The van der Waals surface area contributed by atoms with Crippen LogP contribution in [0.4, 0.5) is 0 Å². The second-order valence-corrected chi connectivity index (χ2v) is 6.75. The Kier molecular flexibility index (Phi) is 5.18. The molecule has 2 aromatic rings. The van der Waals surface area contributed by atoms with E-state index in [1.807, 2.05) is 10.9 Å². The van der Waals surface area contributed by atoms with E-state index >= 15 is 0 Å². The molecule has 0 aliphatic carbocycles. The molecule has 3 heteroatoms. The van der Waals surface area contributed by atoms with Crippen LogP contribution < -0.4 is 5.32 Å². The summed E-state index contributed by atoms with van der Waals surface area (Å²) in [5.41, 5.74) is 4.18. The average Bonchev–Trinajstić information content (AvgIpc) is 2.84. The Morgan fingerprint density at radius 2 is 1.95 bits per heavy atom. The van der Waals surface area contributed by atoms with Crippen LogP contribution in [-0.2, 0) is 13.0 Å². The van der Waals surface area contributed by atoms with Crippen LogP contribution in [0.1, 0.15) is 43.9 Å². The predicted molar refractivity (Wildman–Crippen MR) is 88.6 cm³/mol. The third-order valence-corrected chi connectivity index (χ3v) is 3.58. The normalized spacial score (nSPS) is 11.8. The van der Waals surface area contributed by atoms with Crippen LogP contribution in [-0.4, -0.2) is 21.9 Å². The van der Waals surface area contributed by atoms with E-state index in [-0.39, 0.29) is 5.54 Å². The van der Waals surface area contributed by atoms with Crippen molar-refractivity contribution in [3.8, 4) is 0 Å². The Morgan fingerprint density at radius 1 is 1.19 bits per heavy atom. The summed E-state index contributed by atoms with van der Waals surface area (Å²) in [7, 11) is 0. The largest absolute Gasteiger partial charge is 0.312 e. The molecule has 0 aliphatic heterocycles. The van der Waals surface area contributed by atoms with Gasteiger partial charge >= 0.3 is 0 Å². The van der Waals surface area contributed by atoms with Crippen LogP contribution >= 0.6 is 0 Å². The number of hydrogen-bond donors (Lipinski definition) is 1. The maximum absolute atomic E-state index is 4.48. The van der Waals surface area contributed by atoms with Crippen molar-refractivity contribution in [2.45, 2.75) is 52.6 Å². The van der Waals surface area contributed by atoms with Gasteiger partial charge in [0.2, 0.25) is 0 Å². The topological polar surface area (TPSA) is 29.9 Å². The molecule has 0 bridgehead atoms. The van der Waals surface area contributed by atoms with E-state index in [4.69, 9.17) is 0 Å². The molecule has 0 saturated heterocycles. The van der Waals surface area contributed by atoms with Gasteiger partial charge in [-0.05, 0) is 63.8 Å². The Hall–Kier alpha value is -1.61. The fourth-order valence-corrected chi connectivity index (χ4v) is 2.34. The minimum absolute atomic E-state index is 0.203. The van der Waals surface area contributed by atoms with Crippen LogP contribution in [0.5, 0.6) is 0 Å². The maximum Gasteiger partial charge on any atom is 0.0662 e. The Bertz CT molecular complexity index is 564. The lowest BCUT2D eigenvalue weighted by Gasteiger charge is -2.20. The van der Waals surface area contributed by atoms with Crippen LogP contribution in [0.3, 0.4) is 0 Å². The smallest absolute Gasteiger partial charge is 0.0662 e. The quantitative estimate of drug-likeness (QED) is 0.822. The van der Waals surface area contributed by atoms with Gasteiger partial charge in [-0.15, -0.1) is 0 Å². The summed E-state index contributed by atoms with van der Waals surface area (Å²) in [6.45, 7) is 10.7. The van der Waals surface area contributed by atoms with Crippen molar-refractivity contribution >= 4 is 0 Å². The van der Waals surface area contributed by atoms with Crippen LogP contribution in [0.25, 0.3) is 0 Å². The van der Waals surface area contributed by atoms with E-state index in [1.54, 1.807) is 0 Å². The zero-order chi connectivity index (χ0) is 15.3. The molecule has 0 radical (unpaired) electrons. The molecule has 0 spiro atoms. The molecule has 3 nitrogen and oxygen atoms in total. The standard InChI is InChI=1S/C18H27N3/c1-15-8-5-6-10-17(15)14-21-13-16(12-20-21)9-7-11-19-18(2,3)4/h5-6,8,10,12-13,19H,7,9,11,14H2,1-4H3. The monoisotopic (exact) mass is 285 g/mol. The van der Waals surface area contributed by atoms with E-state index in [1.165, 1.54) is 16.7 Å². The molecule has 21 heavy (non-hydrogen) atoms. The number of hydrogen-bond acceptors (Lipinski definition) is 2. The third-order valence-electron chi connectivity index (χ3n) is 3.58. The molecule has 1 aromatic heterocycles. The van der Waals surface area contributed by atoms with Gasteiger partial charge in [0, 0.05) is 11.7 Å². The Morgan fingerprint density at radius 3 is 2.67 bits per heavy atom. The number of benzene rings is 1. The number of aryl methyl sites for hydroxylation is 2. The molecule has 114 valence electrons. The lowest BCUT2D eigenvalue weighted by atomic mass is 10.1. The van der Waals surface area contributed by atoms with Crippen molar-refractivity contribution in [1.29, 1.82) is 0 Å². The van der Waals surface area contributed by atoms with Gasteiger partial charge in [-0.25, -0.2) is 0 Å². The molecule has 0 aliphatic rings. The molecule has 1 heterocycles. The average molecular weight is 285 g/mol. The predicted octanol–water partition coefficient (Wildman–Crippen LogP) is 3.56. The molecular formula is C18H27N3. The molecule has 1 aromatic carbocycles. The molecule has 0 fully saturated rings. The lowest BCUT2D eigenvalue weighted by molar-refractivity contribution is 0.422. The molecule has 0 atom stereocenters. The molecule has 0 amide bonds. The van der Waals surface area contributed by atoms with E-state index < -0.39 is 0 Å². The Balaban J connectivity index is 1.83. The molecule has 1 N–H and O–H groups in total. The number of nitrogens with zero attached hydrogens (tertiary/aromatic N) is 2. The summed E-state index contributed by atoms with van der Waals surface area (Å²) in [5, 5.41) is 8.00. The zero-order valence-corrected chi connectivity index (χ0v) is 13.7. The number of rotatable bonds is 6. The van der Waals surface area contributed by atoms with Crippen molar-refractivity contribution in [3.63, 3.8) is 0 Å². The minimum atomic E-state index is 0.203. The highest BCUT2D eigenvalue weighted by molar-refractivity contribution is 5.25. The van der Waals surface area contributed by atoms with Crippen molar-refractivity contribution in [2.24, 2.45) is 0 Å². The summed E-state index contributed by atoms with van der Waals surface area (Å²) in [5.74, 6) is 0.